The van der Waals surface area contributed by atoms with Crippen molar-refractivity contribution in [2.75, 3.05) is 11.9 Å². The largest absolute Gasteiger partial charge is 0.494 e. The average Bonchev–Trinajstić information content (AvgIpc) is 2.74. The molecule has 154 valence electrons. The summed E-state index contributed by atoms with van der Waals surface area (Å²) >= 11 is 7.54. The smallest absolute Gasteiger partial charge is 0.271 e. The monoisotopic (exact) mass is 442 g/mol. The number of benzene rings is 3. The molecule has 8 heteroatoms. The Balaban J connectivity index is 1.78. The van der Waals surface area contributed by atoms with Crippen LogP contribution in [-0.2, 0) is 5.75 Å². The minimum atomic E-state index is -0.501. The normalized spacial score (nSPS) is 10.5. The van der Waals surface area contributed by atoms with Gasteiger partial charge in [-0.05, 0) is 55.5 Å². The molecule has 0 fully saturated rings. The third kappa shape index (κ3) is 5.75. The standard InChI is InChI=1S/C22H19ClN2O4S/c1-2-29-21-11-6-15(12-16(21)14-30-20-9-7-17(23)8-10-20)22(26)24-18-4-3-5-19(13-18)25(27)28/h3-13H,2,14H2,1H3,(H,24,26). The maximum Gasteiger partial charge on any atom is 0.271 e. The number of rotatable bonds is 8. The van der Waals surface area contributed by atoms with Crippen LogP contribution in [0.5, 0.6) is 5.75 Å². The van der Waals surface area contributed by atoms with Gasteiger partial charge in [0.05, 0.1) is 11.5 Å². The number of ether oxygens (including phenoxy) is 1. The predicted octanol–water partition coefficient (Wildman–Crippen LogP) is 6.19. The zero-order valence-electron chi connectivity index (χ0n) is 16.1. The van der Waals surface area contributed by atoms with Crippen LogP contribution in [0, 0.1) is 10.1 Å². The summed E-state index contributed by atoms with van der Waals surface area (Å²) in [4.78, 5) is 24.2. The third-order valence-electron chi connectivity index (χ3n) is 4.15. The van der Waals surface area contributed by atoms with Gasteiger partial charge in [0.15, 0.2) is 0 Å². The summed E-state index contributed by atoms with van der Waals surface area (Å²) in [6.45, 7) is 2.41. The summed E-state index contributed by atoms with van der Waals surface area (Å²) in [5.41, 5.74) is 1.60. The van der Waals surface area contributed by atoms with E-state index in [1.165, 1.54) is 18.2 Å². The number of hydrogen-bond acceptors (Lipinski definition) is 5. The SMILES string of the molecule is CCOc1ccc(C(=O)Nc2cccc([N+](=O)[O-])c2)cc1CSc1ccc(Cl)cc1. The van der Waals surface area contributed by atoms with Gasteiger partial charge in [-0.25, -0.2) is 0 Å². The van der Waals surface area contributed by atoms with Gasteiger partial charge in [0.2, 0.25) is 0 Å². The molecule has 0 radical (unpaired) electrons. The number of halogens is 1. The minimum absolute atomic E-state index is 0.0838. The van der Waals surface area contributed by atoms with Crippen molar-refractivity contribution in [3.63, 3.8) is 0 Å². The lowest BCUT2D eigenvalue weighted by molar-refractivity contribution is -0.384. The van der Waals surface area contributed by atoms with Gasteiger partial charge in [-0.15, -0.1) is 11.8 Å². The van der Waals surface area contributed by atoms with Crippen LogP contribution >= 0.6 is 23.4 Å². The number of amides is 1. The van der Waals surface area contributed by atoms with Crippen LogP contribution in [0.1, 0.15) is 22.8 Å². The van der Waals surface area contributed by atoms with Crippen molar-refractivity contribution in [3.8, 4) is 5.75 Å². The minimum Gasteiger partial charge on any atom is -0.494 e. The molecule has 1 N–H and O–H groups in total. The lowest BCUT2D eigenvalue weighted by Gasteiger charge is -2.12. The molecule has 0 aromatic heterocycles. The van der Waals surface area contributed by atoms with Crippen LogP contribution < -0.4 is 10.1 Å². The van der Waals surface area contributed by atoms with Gasteiger partial charge in [-0.1, -0.05) is 17.7 Å². The first-order valence-electron chi connectivity index (χ1n) is 9.16. The second-order valence-electron chi connectivity index (χ2n) is 6.26. The fourth-order valence-electron chi connectivity index (χ4n) is 2.72. The molecular formula is C22H19ClN2O4S. The van der Waals surface area contributed by atoms with Gasteiger partial charge >= 0.3 is 0 Å². The highest BCUT2D eigenvalue weighted by Crippen LogP contribution is 2.30. The van der Waals surface area contributed by atoms with E-state index in [1.54, 1.807) is 36.0 Å². The summed E-state index contributed by atoms with van der Waals surface area (Å²) in [7, 11) is 0. The van der Waals surface area contributed by atoms with Gasteiger partial charge in [0, 0.05) is 44.6 Å². The van der Waals surface area contributed by atoms with Crippen molar-refractivity contribution < 1.29 is 14.5 Å². The molecule has 0 bridgehead atoms. The maximum atomic E-state index is 12.7. The number of non-ortho nitro benzene ring substituents is 1. The summed E-state index contributed by atoms with van der Waals surface area (Å²) in [6.07, 6.45) is 0. The Hall–Kier alpha value is -3.03. The Morgan fingerprint density at radius 3 is 2.60 bits per heavy atom. The molecule has 3 aromatic carbocycles. The fraction of sp³-hybridized carbons (Fsp3) is 0.136. The lowest BCUT2D eigenvalue weighted by Crippen LogP contribution is -2.12. The van der Waals surface area contributed by atoms with E-state index in [-0.39, 0.29) is 11.6 Å². The lowest BCUT2D eigenvalue weighted by atomic mass is 10.1. The van der Waals surface area contributed by atoms with Crippen LogP contribution in [0.2, 0.25) is 5.02 Å². The molecule has 0 saturated carbocycles. The van der Waals surface area contributed by atoms with E-state index in [0.29, 0.717) is 34.4 Å². The Morgan fingerprint density at radius 1 is 1.13 bits per heavy atom. The van der Waals surface area contributed by atoms with Crippen LogP contribution in [0.25, 0.3) is 0 Å². The maximum absolute atomic E-state index is 12.7. The van der Waals surface area contributed by atoms with Gasteiger partial charge < -0.3 is 10.1 Å². The molecular weight excluding hydrogens is 424 g/mol. The van der Waals surface area contributed by atoms with E-state index < -0.39 is 4.92 Å². The molecule has 0 aliphatic rings. The molecule has 0 aliphatic carbocycles. The molecule has 0 atom stereocenters. The molecule has 3 rings (SSSR count). The molecule has 6 nitrogen and oxygen atoms in total. The second kappa shape index (κ2) is 10.1. The van der Waals surface area contributed by atoms with Gasteiger partial charge in [0.25, 0.3) is 11.6 Å². The van der Waals surface area contributed by atoms with E-state index in [2.05, 4.69) is 5.32 Å². The van der Waals surface area contributed by atoms with E-state index >= 15 is 0 Å². The quantitative estimate of drug-likeness (QED) is 0.255. The van der Waals surface area contributed by atoms with Crippen molar-refractivity contribution in [2.45, 2.75) is 17.6 Å². The number of thioether (sulfide) groups is 1. The van der Waals surface area contributed by atoms with Gasteiger partial charge in [-0.3, -0.25) is 14.9 Å². The van der Waals surface area contributed by atoms with Crippen molar-refractivity contribution in [2.24, 2.45) is 0 Å². The molecule has 0 heterocycles. The Morgan fingerprint density at radius 2 is 1.90 bits per heavy atom. The first-order chi connectivity index (χ1) is 14.5. The van der Waals surface area contributed by atoms with E-state index in [4.69, 9.17) is 16.3 Å². The van der Waals surface area contributed by atoms with Crippen LogP contribution in [0.15, 0.2) is 71.6 Å². The Kier molecular flexibility index (Phi) is 7.32. The number of hydrogen-bond donors (Lipinski definition) is 1. The van der Waals surface area contributed by atoms with Gasteiger partial charge in [0.1, 0.15) is 5.75 Å². The van der Waals surface area contributed by atoms with Crippen LogP contribution in [-0.4, -0.2) is 17.4 Å². The van der Waals surface area contributed by atoms with Crippen molar-refractivity contribution in [3.05, 3.63) is 93.0 Å². The number of carbonyl (C=O) groups excluding carboxylic acids is 1. The van der Waals surface area contributed by atoms with Crippen molar-refractivity contribution in [1.82, 2.24) is 0 Å². The number of nitrogens with zero attached hydrogens (tertiary/aromatic N) is 1. The van der Waals surface area contributed by atoms with Crippen LogP contribution in [0.3, 0.4) is 0 Å². The molecule has 0 aliphatic heterocycles. The van der Waals surface area contributed by atoms with Crippen LogP contribution in [0.4, 0.5) is 11.4 Å². The zero-order chi connectivity index (χ0) is 21.5. The Bertz CT molecular complexity index is 1060. The Labute approximate surface area is 183 Å². The molecule has 1 amide bonds. The van der Waals surface area contributed by atoms with Gasteiger partial charge in [-0.2, -0.15) is 0 Å². The van der Waals surface area contributed by atoms with Crippen molar-refractivity contribution >= 4 is 40.6 Å². The number of carbonyl (C=O) groups is 1. The van der Waals surface area contributed by atoms with E-state index in [9.17, 15) is 14.9 Å². The summed E-state index contributed by atoms with van der Waals surface area (Å²) in [6, 6.07) is 18.6. The summed E-state index contributed by atoms with van der Waals surface area (Å²) in [5, 5.41) is 14.3. The molecule has 0 saturated heterocycles. The highest BCUT2D eigenvalue weighted by molar-refractivity contribution is 7.98. The summed E-state index contributed by atoms with van der Waals surface area (Å²) in [5.74, 6) is 0.969. The first kappa shape index (κ1) is 21.7. The number of nitro benzene ring substituents is 1. The zero-order valence-corrected chi connectivity index (χ0v) is 17.7. The topological polar surface area (TPSA) is 81.5 Å². The average molecular weight is 443 g/mol. The number of nitro groups is 1. The van der Waals surface area contributed by atoms with E-state index in [0.717, 1.165) is 10.5 Å². The second-order valence-corrected chi connectivity index (χ2v) is 7.74. The molecule has 3 aromatic rings. The summed E-state index contributed by atoms with van der Waals surface area (Å²) < 4.78 is 5.70. The molecule has 0 unspecified atom stereocenters. The fourth-order valence-corrected chi connectivity index (χ4v) is 3.72. The number of anilines is 1. The predicted molar refractivity (Wildman–Crippen MR) is 120 cm³/mol. The molecule has 0 spiro atoms. The van der Waals surface area contributed by atoms with Crippen molar-refractivity contribution in [1.29, 1.82) is 0 Å². The first-order valence-corrected chi connectivity index (χ1v) is 10.5. The highest BCUT2D eigenvalue weighted by atomic mass is 35.5. The third-order valence-corrected chi connectivity index (χ3v) is 5.46. The number of nitrogens with one attached hydrogen (secondary N) is 1. The van der Waals surface area contributed by atoms with E-state index in [1.807, 2.05) is 31.2 Å². The molecule has 30 heavy (non-hydrogen) atoms. The highest BCUT2D eigenvalue weighted by Gasteiger charge is 2.13.